The summed E-state index contributed by atoms with van der Waals surface area (Å²) in [6, 6.07) is 12.3. The third-order valence-corrected chi connectivity index (χ3v) is 6.92. The Morgan fingerprint density at radius 3 is 2.59 bits per heavy atom. The number of anilines is 1. The van der Waals surface area contributed by atoms with Gasteiger partial charge in [0, 0.05) is 49.8 Å². The Bertz CT molecular complexity index is 816. The number of aliphatic hydroxyl groups excluding tert-OH is 1. The van der Waals surface area contributed by atoms with E-state index < -0.39 is 0 Å². The fourth-order valence-corrected chi connectivity index (χ4v) is 5.19. The second-order valence-electron chi connectivity index (χ2n) is 9.03. The molecule has 2 fully saturated rings. The number of rotatable bonds is 5. The molecule has 0 unspecified atom stereocenters. The van der Waals surface area contributed by atoms with Crippen LogP contribution >= 0.6 is 0 Å². The van der Waals surface area contributed by atoms with Gasteiger partial charge in [-0.2, -0.15) is 0 Å². The minimum Gasteiger partial charge on any atom is -0.396 e. The van der Waals surface area contributed by atoms with Crippen molar-refractivity contribution in [3.05, 3.63) is 35.9 Å². The molecule has 0 aliphatic carbocycles. The van der Waals surface area contributed by atoms with Gasteiger partial charge >= 0.3 is 0 Å². The zero-order valence-electron chi connectivity index (χ0n) is 18.2. The molecular formula is C24H36N4O. The Balaban J connectivity index is 1.48. The van der Waals surface area contributed by atoms with Gasteiger partial charge in [0.2, 0.25) is 0 Å². The van der Waals surface area contributed by atoms with Gasteiger partial charge in [0.25, 0.3) is 0 Å². The number of aliphatic hydroxyl groups is 1. The van der Waals surface area contributed by atoms with E-state index in [0.717, 1.165) is 37.4 Å². The molecule has 4 rings (SSSR count). The molecule has 2 saturated heterocycles. The zero-order valence-corrected chi connectivity index (χ0v) is 18.2. The number of hydrogen-bond acceptors (Lipinski definition) is 5. The van der Waals surface area contributed by atoms with Crippen molar-refractivity contribution in [3.8, 4) is 0 Å². The number of aryl methyl sites for hydroxylation is 1. The number of benzene rings is 1. The van der Waals surface area contributed by atoms with Crippen LogP contribution in [0.4, 0.5) is 5.82 Å². The molecule has 0 radical (unpaired) electrons. The van der Waals surface area contributed by atoms with Gasteiger partial charge in [0.05, 0.1) is 5.52 Å². The van der Waals surface area contributed by atoms with Crippen LogP contribution in [-0.4, -0.2) is 77.3 Å². The maximum absolute atomic E-state index is 9.72. The van der Waals surface area contributed by atoms with E-state index in [1.807, 2.05) is 0 Å². The first-order valence-corrected chi connectivity index (χ1v) is 11.3. The molecule has 3 heterocycles. The number of piperidine rings is 1. The van der Waals surface area contributed by atoms with Crippen LogP contribution in [0.2, 0.25) is 0 Å². The number of likely N-dealkylation sites (tertiary alicyclic amines) is 1. The second kappa shape index (κ2) is 8.99. The normalized spacial score (nSPS) is 22.7. The molecule has 2 aliphatic rings. The highest BCUT2D eigenvalue weighted by Crippen LogP contribution is 2.28. The Morgan fingerprint density at radius 2 is 1.86 bits per heavy atom. The van der Waals surface area contributed by atoms with Gasteiger partial charge in [-0.25, -0.2) is 4.98 Å². The largest absolute Gasteiger partial charge is 0.396 e. The highest BCUT2D eigenvalue weighted by molar-refractivity contribution is 5.83. The molecule has 0 amide bonds. The fraction of sp³-hybridized carbons (Fsp3) is 0.625. The van der Waals surface area contributed by atoms with E-state index in [9.17, 15) is 5.11 Å². The molecule has 0 saturated carbocycles. The summed E-state index contributed by atoms with van der Waals surface area (Å²) in [5.41, 5.74) is 2.36. The maximum atomic E-state index is 9.72. The molecule has 5 heteroatoms. The summed E-state index contributed by atoms with van der Waals surface area (Å²) in [6.45, 7) is 12.4. The summed E-state index contributed by atoms with van der Waals surface area (Å²) in [5, 5.41) is 11.0. The smallest absolute Gasteiger partial charge is 0.129 e. The molecule has 1 aromatic carbocycles. The summed E-state index contributed by atoms with van der Waals surface area (Å²) in [5.74, 6) is 1.08. The number of aromatic nitrogens is 1. The second-order valence-corrected chi connectivity index (χ2v) is 9.03. The third-order valence-electron chi connectivity index (χ3n) is 6.92. The molecule has 158 valence electrons. The highest BCUT2D eigenvalue weighted by atomic mass is 16.3. The van der Waals surface area contributed by atoms with E-state index >= 15 is 0 Å². The quantitative estimate of drug-likeness (QED) is 0.840. The average Bonchev–Trinajstić information content (AvgIpc) is 2.74. The lowest BCUT2D eigenvalue weighted by Gasteiger charge is -2.48. The van der Waals surface area contributed by atoms with E-state index in [2.05, 4.69) is 65.8 Å². The van der Waals surface area contributed by atoms with Crippen molar-refractivity contribution in [1.82, 2.24) is 14.8 Å². The molecular weight excluding hydrogens is 360 g/mol. The first kappa shape index (κ1) is 20.6. The van der Waals surface area contributed by atoms with Gasteiger partial charge in [0.1, 0.15) is 5.82 Å². The van der Waals surface area contributed by atoms with Crippen LogP contribution in [0.3, 0.4) is 0 Å². The van der Waals surface area contributed by atoms with Crippen molar-refractivity contribution in [2.45, 2.75) is 58.2 Å². The van der Waals surface area contributed by atoms with Crippen molar-refractivity contribution in [1.29, 1.82) is 0 Å². The molecule has 2 aliphatic heterocycles. The molecule has 1 aromatic heterocycles. The SMILES string of the molecule is Cc1cc(N2CCN(C3CCN(C(C)C)CC3)[C@H](CCO)C2)nc2ccccc12. The number of para-hydroxylation sites is 1. The van der Waals surface area contributed by atoms with Crippen LogP contribution in [-0.2, 0) is 0 Å². The number of pyridine rings is 1. The van der Waals surface area contributed by atoms with E-state index in [1.165, 1.54) is 36.9 Å². The molecule has 1 N–H and O–H groups in total. The Kier molecular flexibility index (Phi) is 6.38. The Morgan fingerprint density at radius 1 is 1.10 bits per heavy atom. The minimum absolute atomic E-state index is 0.254. The summed E-state index contributed by atoms with van der Waals surface area (Å²) < 4.78 is 0. The van der Waals surface area contributed by atoms with E-state index in [0.29, 0.717) is 18.1 Å². The highest BCUT2D eigenvalue weighted by Gasteiger charge is 2.34. The van der Waals surface area contributed by atoms with Gasteiger partial charge in [-0.05, 0) is 70.8 Å². The lowest BCUT2D eigenvalue weighted by molar-refractivity contribution is 0.0463. The molecule has 0 spiro atoms. The van der Waals surface area contributed by atoms with E-state index in [-0.39, 0.29) is 6.61 Å². The van der Waals surface area contributed by atoms with Gasteiger partial charge < -0.3 is 14.9 Å². The van der Waals surface area contributed by atoms with Gasteiger partial charge in [-0.3, -0.25) is 4.90 Å². The number of hydrogen-bond donors (Lipinski definition) is 1. The lowest BCUT2D eigenvalue weighted by atomic mass is 9.97. The maximum Gasteiger partial charge on any atom is 0.129 e. The van der Waals surface area contributed by atoms with Gasteiger partial charge in [-0.1, -0.05) is 18.2 Å². The summed E-state index contributed by atoms with van der Waals surface area (Å²) in [6.07, 6.45) is 3.33. The summed E-state index contributed by atoms with van der Waals surface area (Å²) in [7, 11) is 0. The van der Waals surface area contributed by atoms with Crippen LogP contribution < -0.4 is 4.90 Å². The van der Waals surface area contributed by atoms with Crippen molar-refractivity contribution in [2.24, 2.45) is 0 Å². The summed E-state index contributed by atoms with van der Waals surface area (Å²) in [4.78, 5) is 12.7. The van der Waals surface area contributed by atoms with Gasteiger partial charge in [-0.15, -0.1) is 0 Å². The molecule has 1 atom stereocenters. The minimum atomic E-state index is 0.254. The predicted octanol–water partition coefficient (Wildman–Crippen LogP) is 3.29. The van der Waals surface area contributed by atoms with Crippen LogP contribution in [0.15, 0.2) is 30.3 Å². The van der Waals surface area contributed by atoms with E-state index in [4.69, 9.17) is 4.98 Å². The number of piperazine rings is 1. The first-order valence-electron chi connectivity index (χ1n) is 11.3. The van der Waals surface area contributed by atoms with E-state index in [1.54, 1.807) is 0 Å². The number of fused-ring (bicyclic) bond motifs is 1. The lowest BCUT2D eigenvalue weighted by Crippen LogP contribution is -2.59. The van der Waals surface area contributed by atoms with Crippen molar-refractivity contribution >= 4 is 16.7 Å². The van der Waals surface area contributed by atoms with Crippen molar-refractivity contribution < 1.29 is 5.11 Å². The fourth-order valence-electron chi connectivity index (χ4n) is 5.19. The Labute approximate surface area is 175 Å². The molecule has 2 aromatic rings. The van der Waals surface area contributed by atoms with Crippen molar-refractivity contribution in [3.63, 3.8) is 0 Å². The van der Waals surface area contributed by atoms with Crippen LogP contribution in [0.1, 0.15) is 38.7 Å². The zero-order chi connectivity index (χ0) is 20.4. The molecule has 29 heavy (non-hydrogen) atoms. The van der Waals surface area contributed by atoms with Gasteiger partial charge in [0.15, 0.2) is 0 Å². The number of nitrogens with zero attached hydrogens (tertiary/aromatic N) is 4. The average molecular weight is 397 g/mol. The monoisotopic (exact) mass is 396 g/mol. The standard InChI is InChI=1S/C24H36N4O/c1-18(2)26-11-8-20(9-12-26)28-14-13-27(17-21(28)10-15-29)24-16-19(3)22-6-4-5-7-23(22)25-24/h4-7,16,18,20-21,29H,8-15,17H2,1-3H3/t21-/m1/s1. The van der Waals surface area contributed by atoms with Crippen LogP contribution in [0, 0.1) is 6.92 Å². The van der Waals surface area contributed by atoms with Crippen LogP contribution in [0.25, 0.3) is 10.9 Å². The molecule has 5 nitrogen and oxygen atoms in total. The summed E-state index contributed by atoms with van der Waals surface area (Å²) >= 11 is 0. The first-order chi connectivity index (χ1) is 14.1. The van der Waals surface area contributed by atoms with Crippen LogP contribution in [0.5, 0.6) is 0 Å². The molecule has 0 bridgehead atoms. The third kappa shape index (κ3) is 4.42. The Hall–Kier alpha value is -1.69. The predicted molar refractivity (Wildman–Crippen MR) is 121 cm³/mol. The van der Waals surface area contributed by atoms with Crippen molar-refractivity contribution in [2.75, 3.05) is 44.2 Å². The topological polar surface area (TPSA) is 42.8 Å².